The van der Waals surface area contributed by atoms with Crippen LogP contribution in [0.4, 0.5) is 0 Å². The van der Waals surface area contributed by atoms with E-state index in [0.717, 1.165) is 60.8 Å². The Morgan fingerprint density at radius 2 is 1.06 bits per heavy atom. The molecule has 0 spiro atoms. The molecule has 6 N–H and O–H groups in total. The average Bonchev–Trinajstić information content (AvgIpc) is 3.89. The van der Waals surface area contributed by atoms with Gasteiger partial charge in [-0.15, -0.1) is 13.2 Å². The molecule has 240 valence electrons. The van der Waals surface area contributed by atoms with Crippen LogP contribution in [0.5, 0.6) is 35.0 Å². The van der Waals surface area contributed by atoms with Crippen LogP contribution in [0.3, 0.4) is 0 Å². The zero-order valence-electron chi connectivity index (χ0n) is 26.0. The Morgan fingerprint density at radius 1 is 0.638 bits per heavy atom. The molecule has 0 radical (unpaired) electrons. The molecule has 47 heavy (non-hydrogen) atoms. The molecule has 4 aliphatic rings. The summed E-state index contributed by atoms with van der Waals surface area (Å²) in [6, 6.07) is 9.88. The highest BCUT2D eigenvalue weighted by molar-refractivity contribution is 5.67. The zero-order valence-corrected chi connectivity index (χ0v) is 26.0. The molecule has 0 aliphatic heterocycles. The van der Waals surface area contributed by atoms with E-state index in [-0.39, 0.29) is 64.1 Å². The number of phenols is 2. The predicted molar refractivity (Wildman–Crippen MR) is 180 cm³/mol. The van der Waals surface area contributed by atoms with Gasteiger partial charge in [0.1, 0.15) is 11.5 Å². The maximum Gasteiger partial charge on any atom is 0.203 e. The highest BCUT2D eigenvalue weighted by Gasteiger charge is 2.52. The van der Waals surface area contributed by atoms with Crippen molar-refractivity contribution in [3.05, 3.63) is 119 Å². The number of aromatic hydroxyl groups is 6. The van der Waals surface area contributed by atoms with Crippen LogP contribution in [-0.2, 0) is 17.3 Å². The summed E-state index contributed by atoms with van der Waals surface area (Å²) in [5.74, 6) is -0.128. The number of phenolic OH excluding ortho intramolecular Hbond substituents is 2. The van der Waals surface area contributed by atoms with Crippen LogP contribution in [0.2, 0.25) is 0 Å². The molecule has 4 atom stereocenters. The van der Waals surface area contributed by atoms with E-state index < -0.39 is 0 Å². The molecule has 2 aromatic heterocycles. The van der Waals surface area contributed by atoms with Crippen molar-refractivity contribution in [3.8, 4) is 46.4 Å². The van der Waals surface area contributed by atoms with E-state index in [1.807, 2.05) is 12.2 Å². The van der Waals surface area contributed by atoms with Crippen LogP contribution >= 0.6 is 0 Å². The fourth-order valence-corrected chi connectivity index (χ4v) is 8.95. The average molecular weight is 631 g/mol. The maximum absolute atomic E-state index is 11.4. The molecular formula is C39H38N2O6. The van der Waals surface area contributed by atoms with Gasteiger partial charge < -0.3 is 30.6 Å². The standard InChI is InChI=1S/C39H38N2O6/c1-3-5-13-38-15-11-24(20-38)30-32(38)36(46)40(34(30)44)26-9-7-22(28(42)18-26)17-23-8-10-27(19-29(23)43)41-35(45)31-25-12-16-39(21-25,14-6-4-2)33(31)37(41)47/h3-4,7-12,15-16,18-19,24-25,42-47H,1-2,5-6,13-14,17,20-21H2. The Morgan fingerprint density at radius 3 is 1.45 bits per heavy atom. The number of fused-ring (bicyclic) bond motifs is 10. The summed E-state index contributed by atoms with van der Waals surface area (Å²) < 4.78 is 2.78. The molecular weight excluding hydrogens is 592 g/mol. The molecule has 8 rings (SSSR count). The lowest BCUT2D eigenvalue weighted by Gasteiger charge is -2.24. The molecule has 0 saturated heterocycles. The summed E-state index contributed by atoms with van der Waals surface area (Å²) in [5, 5.41) is 67.4. The Balaban J connectivity index is 1.07. The van der Waals surface area contributed by atoms with Crippen molar-refractivity contribution in [1.29, 1.82) is 0 Å². The van der Waals surface area contributed by atoms with Gasteiger partial charge in [-0.05, 0) is 61.8 Å². The molecule has 2 heterocycles. The first-order chi connectivity index (χ1) is 22.6. The van der Waals surface area contributed by atoms with Crippen molar-refractivity contribution in [1.82, 2.24) is 9.13 Å². The van der Waals surface area contributed by atoms with Gasteiger partial charge in [-0.2, -0.15) is 0 Å². The van der Waals surface area contributed by atoms with Gasteiger partial charge in [0.2, 0.25) is 23.5 Å². The van der Waals surface area contributed by atoms with Gasteiger partial charge in [0, 0.05) is 63.5 Å². The van der Waals surface area contributed by atoms with E-state index in [0.29, 0.717) is 22.5 Å². The molecule has 2 aromatic carbocycles. The fourth-order valence-electron chi connectivity index (χ4n) is 8.95. The molecule has 0 amide bonds. The molecule has 0 fully saturated rings. The summed E-state index contributed by atoms with van der Waals surface area (Å²) in [4.78, 5) is 0. The maximum atomic E-state index is 11.4. The molecule has 0 saturated carbocycles. The second kappa shape index (κ2) is 10.1. The third-order valence-corrected chi connectivity index (χ3v) is 11.1. The van der Waals surface area contributed by atoms with E-state index >= 15 is 0 Å². The summed E-state index contributed by atoms with van der Waals surface area (Å²) in [5.41, 5.74) is 4.22. The van der Waals surface area contributed by atoms with E-state index in [1.165, 1.54) is 21.3 Å². The van der Waals surface area contributed by atoms with Crippen molar-refractivity contribution >= 4 is 0 Å². The third-order valence-electron chi connectivity index (χ3n) is 11.1. The lowest BCUT2D eigenvalue weighted by atomic mass is 9.79. The van der Waals surface area contributed by atoms with Crippen LogP contribution in [0.25, 0.3) is 11.4 Å². The van der Waals surface area contributed by atoms with Gasteiger partial charge >= 0.3 is 0 Å². The second-order valence-electron chi connectivity index (χ2n) is 13.7. The van der Waals surface area contributed by atoms with E-state index in [4.69, 9.17) is 0 Å². The highest BCUT2D eigenvalue weighted by Crippen LogP contribution is 2.63. The van der Waals surface area contributed by atoms with Crippen LogP contribution in [0, 0.1) is 0 Å². The monoisotopic (exact) mass is 630 g/mol. The largest absolute Gasteiger partial charge is 0.508 e. The molecule has 8 nitrogen and oxygen atoms in total. The van der Waals surface area contributed by atoms with Gasteiger partial charge in [-0.1, -0.05) is 48.6 Å². The summed E-state index contributed by atoms with van der Waals surface area (Å²) in [7, 11) is 0. The topological polar surface area (TPSA) is 131 Å². The van der Waals surface area contributed by atoms with Gasteiger partial charge in [-0.25, -0.2) is 0 Å². The normalized spacial score (nSPS) is 24.3. The molecule has 4 bridgehead atoms. The first-order valence-electron chi connectivity index (χ1n) is 16.2. The fraction of sp³-hybridized carbons (Fsp3) is 0.282. The third kappa shape index (κ3) is 3.93. The Labute approximate surface area is 272 Å². The Kier molecular flexibility index (Phi) is 6.29. The van der Waals surface area contributed by atoms with Crippen LogP contribution in [0.1, 0.15) is 83.7 Å². The minimum atomic E-state index is -0.343. The minimum absolute atomic E-state index is 0.0216. The van der Waals surface area contributed by atoms with E-state index in [9.17, 15) is 30.6 Å². The van der Waals surface area contributed by atoms with Crippen LogP contribution in [0.15, 0.2) is 86.0 Å². The quantitative estimate of drug-likeness (QED) is 0.100. The van der Waals surface area contributed by atoms with Crippen molar-refractivity contribution in [3.63, 3.8) is 0 Å². The second-order valence-corrected chi connectivity index (χ2v) is 13.7. The van der Waals surface area contributed by atoms with Gasteiger partial charge in [-0.3, -0.25) is 9.13 Å². The van der Waals surface area contributed by atoms with E-state index in [2.05, 4.69) is 37.5 Å². The van der Waals surface area contributed by atoms with Crippen LogP contribution < -0.4 is 0 Å². The van der Waals surface area contributed by atoms with Crippen molar-refractivity contribution < 1.29 is 30.6 Å². The lowest BCUT2D eigenvalue weighted by molar-refractivity contribution is 0.382. The number of benzene rings is 2. The van der Waals surface area contributed by atoms with Crippen molar-refractivity contribution in [2.45, 2.75) is 67.6 Å². The number of hydrogen-bond donors (Lipinski definition) is 6. The smallest absolute Gasteiger partial charge is 0.203 e. The number of nitrogens with zero attached hydrogens (tertiary/aromatic N) is 2. The zero-order chi connectivity index (χ0) is 32.8. The summed E-state index contributed by atoms with van der Waals surface area (Å²) in [6.45, 7) is 7.69. The molecule has 4 unspecified atom stereocenters. The predicted octanol–water partition coefficient (Wildman–Crippen LogP) is 7.61. The number of allylic oxidation sites excluding steroid dienone is 6. The van der Waals surface area contributed by atoms with Gasteiger partial charge in [0.15, 0.2) is 0 Å². The van der Waals surface area contributed by atoms with E-state index in [1.54, 1.807) is 24.3 Å². The lowest BCUT2D eigenvalue weighted by Crippen LogP contribution is -2.18. The molecule has 4 aliphatic carbocycles. The van der Waals surface area contributed by atoms with Crippen molar-refractivity contribution in [2.75, 3.05) is 0 Å². The summed E-state index contributed by atoms with van der Waals surface area (Å²) >= 11 is 0. The minimum Gasteiger partial charge on any atom is -0.508 e. The van der Waals surface area contributed by atoms with Gasteiger partial charge in [0.05, 0.1) is 11.4 Å². The molecule has 8 heteroatoms. The Bertz CT molecular complexity index is 1920. The number of aromatic nitrogens is 2. The summed E-state index contributed by atoms with van der Waals surface area (Å²) in [6.07, 6.45) is 17.2. The van der Waals surface area contributed by atoms with Crippen molar-refractivity contribution in [2.24, 2.45) is 0 Å². The highest BCUT2D eigenvalue weighted by atomic mass is 16.3. The molecule has 4 aromatic rings. The number of hydrogen-bond acceptors (Lipinski definition) is 6. The Hall–Kier alpha value is -5.24. The van der Waals surface area contributed by atoms with Gasteiger partial charge in [0.25, 0.3) is 0 Å². The first-order valence-corrected chi connectivity index (χ1v) is 16.2. The van der Waals surface area contributed by atoms with Crippen LogP contribution in [-0.4, -0.2) is 39.8 Å². The number of rotatable bonds is 10. The SMILES string of the molecule is C=CCCC12C=CC(C1)c1c2c(O)n(-c2ccc(Cc3ccc(-n4c(O)c5c(c4O)C4(CCC=C)C=CC5C4)cc3O)c(O)c2)c1O. The first kappa shape index (κ1) is 29.2.